The third-order valence-corrected chi connectivity index (χ3v) is 4.92. The Hall–Kier alpha value is -3.05. The van der Waals surface area contributed by atoms with Crippen LogP contribution in [0.25, 0.3) is 5.69 Å². The Labute approximate surface area is 182 Å². The van der Waals surface area contributed by atoms with Crippen molar-refractivity contribution in [1.29, 1.82) is 0 Å². The van der Waals surface area contributed by atoms with Gasteiger partial charge < -0.3 is 14.7 Å². The predicted molar refractivity (Wildman–Crippen MR) is 122 cm³/mol. The summed E-state index contributed by atoms with van der Waals surface area (Å²) in [6.45, 7) is 8.40. The van der Waals surface area contributed by atoms with Gasteiger partial charge in [-0.25, -0.2) is 4.79 Å². The Morgan fingerprint density at radius 1 is 1.13 bits per heavy atom. The molecule has 0 amide bonds. The molecule has 0 atom stereocenters. The molecule has 0 saturated heterocycles. The monoisotopic (exact) mass is 423 g/mol. The average Bonchev–Trinajstić information content (AvgIpc) is 2.99. The van der Waals surface area contributed by atoms with E-state index in [4.69, 9.17) is 16.3 Å². The highest BCUT2D eigenvalue weighted by Gasteiger charge is 2.12. The van der Waals surface area contributed by atoms with Crippen molar-refractivity contribution in [2.75, 3.05) is 0 Å². The molecular formula is C24H26ClN3O2. The first-order chi connectivity index (χ1) is 14.3. The number of aryl methyl sites for hydroxylation is 1. The lowest BCUT2D eigenvalue weighted by Crippen LogP contribution is -2.11. The normalized spacial score (nSPS) is 11.3. The maximum Gasteiger partial charge on any atom is 0.338 e. The van der Waals surface area contributed by atoms with Crippen LogP contribution in [0.2, 0.25) is 5.02 Å². The van der Waals surface area contributed by atoms with E-state index in [2.05, 4.69) is 28.1 Å². The molecule has 1 N–H and O–H groups in total. The van der Waals surface area contributed by atoms with Gasteiger partial charge >= 0.3 is 5.97 Å². The van der Waals surface area contributed by atoms with Crippen molar-refractivity contribution >= 4 is 23.8 Å². The lowest BCUT2D eigenvalue weighted by molar-refractivity contribution is 0.0378. The molecule has 0 fully saturated rings. The molecule has 156 valence electrons. The largest absolute Gasteiger partial charge is 0.459 e. The zero-order valence-electron chi connectivity index (χ0n) is 17.6. The van der Waals surface area contributed by atoms with Gasteiger partial charge in [-0.2, -0.15) is 5.10 Å². The second kappa shape index (κ2) is 9.63. The van der Waals surface area contributed by atoms with Crippen LogP contribution in [0, 0.1) is 13.8 Å². The van der Waals surface area contributed by atoms with Crippen LogP contribution in [-0.2, 0) is 11.3 Å². The number of carbonyl (C=O) groups is 1. The third kappa shape index (κ3) is 5.30. The van der Waals surface area contributed by atoms with Crippen LogP contribution in [0.15, 0.2) is 59.7 Å². The van der Waals surface area contributed by atoms with Crippen LogP contribution >= 0.6 is 11.6 Å². The van der Waals surface area contributed by atoms with Gasteiger partial charge in [0, 0.05) is 27.7 Å². The van der Waals surface area contributed by atoms with Gasteiger partial charge in [0.2, 0.25) is 0 Å². The van der Waals surface area contributed by atoms with Crippen molar-refractivity contribution in [3.05, 3.63) is 87.7 Å². The average molecular weight is 424 g/mol. The molecule has 0 aliphatic heterocycles. The van der Waals surface area contributed by atoms with Crippen LogP contribution in [0.1, 0.15) is 46.7 Å². The van der Waals surface area contributed by atoms with Crippen LogP contribution in [-0.4, -0.2) is 22.9 Å². The number of benzene rings is 2. The molecule has 0 radical (unpaired) electrons. The second-order valence-corrected chi connectivity index (χ2v) is 7.82. The second-order valence-electron chi connectivity index (χ2n) is 7.38. The molecule has 1 aromatic heterocycles. The maximum atomic E-state index is 12.0. The number of ether oxygens (including phenoxy) is 1. The smallest absolute Gasteiger partial charge is 0.338 e. The molecular weight excluding hydrogens is 398 g/mol. The predicted octanol–water partition coefficient (Wildman–Crippen LogP) is 5.44. The lowest BCUT2D eigenvalue weighted by atomic mass is 10.2. The summed E-state index contributed by atoms with van der Waals surface area (Å²) >= 11 is 5.91. The van der Waals surface area contributed by atoms with E-state index in [1.165, 1.54) is 0 Å². The van der Waals surface area contributed by atoms with Crippen LogP contribution < -0.4 is 5.43 Å². The Kier molecular flexibility index (Phi) is 6.95. The quantitative estimate of drug-likeness (QED) is 0.313. The van der Waals surface area contributed by atoms with E-state index in [1.54, 1.807) is 12.1 Å². The molecule has 5 nitrogen and oxygen atoms in total. The van der Waals surface area contributed by atoms with E-state index in [-0.39, 0.29) is 12.1 Å². The van der Waals surface area contributed by atoms with E-state index in [1.807, 2.05) is 63.4 Å². The van der Waals surface area contributed by atoms with E-state index in [0.717, 1.165) is 33.2 Å². The summed E-state index contributed by atoms with van der Waals surface area (Å²) in [4.78, 5) is 12.0. The zero-order valence-corrected chi connectivity index (χ0v) is 18.4. The van der Waals surface area contributed by atoms with Gasteiger partial charge in [0.05, 0.1) is 24.4 Å². The number of hydrazone groups is 1. The first-order valence-electron chi connectivity index (χ1n) is 9.86. The third-order valence-electron chi connectivity index (χ3n) is 4.67. The summed E-state index contributed by atoms with van der Waals surface area (Å²) < 4.78 is 7.39. The van der Waals surface area contributed by atoms with E-state index in [9.17, 15) is 4.79 Å². The molecule has 0 unspecified atom stereocenters. The zero-order chi connectivity index (χ0) is 21.7. The number of aromatic nitrogens is 1. The number of nitrogens with zero attached hydrogens (tertiary/aromatic N) is 2. The summed E-state index contributed by atoms with van der Waals surface area (Å²) in [5.74, 6) is -0.308. The molecule has 6 heteroatoms. The van der Waals surface area contributed by atoms with Gasteiger partial charge in [0.15, 0.2) is 0 Å². The fourth-order valence-electron chi connectivity index (χ4n) is 3.20. The molecule has 0 spiro atoms. The minimum atomic E-state index is -0.308. The number of nitrogens with one attached hydrogen (secondary N) is 1. The highest BCUT2D eigenvalue weighted by Crippen LogP contribution is 2.20. The molecule has 2 aromatic carbocycles. The number of halogens is 1. The molecule has 1 heterocycles. The molecule has 3 rings (SSSR count). The Morgan fingerprint density at radius 3 is 2.43 bits per heavy atom. The highest BCUT2D eigenvalue weighted by atomic mass is 35.5. The number of hydrogen-bond donors (Lipinski definition) is 1. The Bertz CT molecular complexity index is 1040. The SMILES string of the molecule is Cc1cc(/C=N\NCc2ccc(Cl)cc2)c(C)n1-c1ccc(C(=O)OC(C)C)cc1. The molecule has 30 heavy (non-hydrogen) atoms. The van der Waals surface area contributed by atoms with Gasteiger partial charge in [-0.1, -0.05) is 23.7 Å². The summed E-state index contributed by atoms with van der Waals surface area (Å²) in [5, 5.41) is 5.07. The maximum absolute atomic E-state index is 12.0. The topological polar surface area (TPSA) is 55.6 Å². The Balaban J connectivity index is 1.70. The van der Waals surface area contributed by atoms with E-state index < -0.39 is 0 Å². The molecule has 0 saturated carbocycles. The molecule has 0 aliphatic rings. The summed E-state index contributed by atoms with van der Waals surface area (Å²) in [5.41, 5.74) is 8.89. The Morgan fingerprint density at radius 2 is 1.80 bits per heavy atom. The summed E-state index contributed by atoms with van der Waals surface area (Å²) in [6.07, 6.45) is 1.68. The van der Waals surface area contributed by atoms with Crippen molar-refractivity contribution in [2.45, 2.75) is 40.3 Å². The first kappa shape index (κ1) is 21.7. The number of hydrogen-bond acceptors (Lipinski definition) is 4. The number of esters is 1. The lowest BCUT2D eigenvalue weighted by Gasteiger charge is -2.11. The van der Waals surface area contributed by atoms with Crippen molar-refractivity contribution in [1.82, 2.24) is 9.99 Å². The summed E-state index contributed by atoms with van der Waals surface area (Å²) in [7, 11) is 0. The number of carbonyl (C=O) groups excluding carboxylic acids is 1. The van der Waals surface area contributed by atoms with Gasteiger partial charge in [-0.3, -0.25) is 0 Å². The molecule has 0 aliphatic carbocycles. The van der Waals surface area contributed by atoms with Crippen LogP contribution in [0.3, 0.4) is 0 Å². The minimum Gasteiger partial charge on any atom is -0.459 e. The van der Waals surface area contributed by atoms with E-state index >= 15 is 0 Å². The highest BCUT2D eigenvalue weighted by molar-refractivity contribution is 6.30. The fourth-order valence-corrected chi connectivity index (χ4v) is 3.32. The fraction of sp³-hybridized carbons (Fsp3) is 0.250. The minimum absolute atomic E-state index is 0.138. The van der Waals surface area contributed by atoms with Gasteiger partial charge in [0.1, 0.15) is 0 Å². The van der Waals surface area contributed by atoms with Crippen molar-refractivity contribution in [3.63, 3.8) is 0 Å². The van der Waals surface area contributed by atoms with Crippen molar-refractivity contribution in [3.8, 4) is 5.69 Å². The molecule has 0 bridgehead atoms. The molecule has 3 aromatic rings. The number of rotatable bonds is 7. The van der Waals surface area contributed by atoms with Crippen molar-refractivity contribution in [2.24, 2.45) is 5.10 Å². The van der Waals surface area contributed by atoms with Crippen LogP contribution in [0.4, 0.5) is 0 Å². The van der Waals surface area contributed by atoms with Gasteiger partial charge in [0.25, 0.3) is 0 Å². The van der Waals surface area contributed by atoms with Crippen molar-refractivity contribution < 1.29 is 9.53 Å². The van der Waals surface area contributed by atoms with Gasteiger partial charge in [-0.15, -0.1) is 0 Å². The van der Waals surface area contributed by atoms with Gasteiger partial charge in [-0.05, 0) is 75.7 Å². The van der Waals surface area contributed by atoms with Crippen LogP contribution in [0.5, 0.6) is 0 Å². The van der Waals surface area contributed by atoms with E-state index in [0.29, 0.717) is 12.1 Å². The first-order valence-corrected chi connectivity index (χ1v) is 10.2. The standard InChI is InChI=1S/C24H26ClN3O2/c1-16(2)30-24(29)20-7-11-23(12-8-20)28-17(3)13-21(18(28)4)15-27-26-14-19-5-9-22(25)10-6-19/h5-13,15-16,26H,14H2,1-4H3/b27-15-. The summed E-state index contributed by atoms with van der Waals surface area (Å²) in [6, 6.07) is 17.2.